The summed E-state index contributed by atoms with van der Waals surface area (Å²) in [7, 11) is 0. The van der Waals surface area contributed by atoms with Gasteiger partial charge >= 0.3 is 0 Å². The van der Waals surface area contributed by atoms with Gasteiger partial charge in [0, 0.05) is 18.2 Å². The van der Waals surface area contributed by atoms with Crippen LogP contribution in [0.1, 0.15) is 18.5 Å². The first-order valence-electron chi connectivity index (χ1n) is 8.76. The zero-order valence-electron chi connectivity index (χ0n) is 15.2. The monoisotopic (exact) mass is 360 g/mol. The molecule has 1 aromatic carbocycles. The van der Waals surface area contributed by atoms with Crippen LogP contribution in [0.2, 0.25) is 0 Å². The fourth-order valence-electron chi connectivity index (χ4n) is 2.91. The number of hydrogen-bond donors (Lipinski definition) is 1. The number of oxazole rings is 1. The average Bonchev–Trinajstić information content (AvgIpc) is 3.38. The van der Waals surface area contributed by atoms with Crippen LogP contribution in [-0.4, -0.2) is 31.3 Å². The van der Waals surface area contributed by atoms with Crippen molar-refractivity contribution in [2.24, 2.45) is 5.73 Å². The molecule has 3 aromatic heterocycles. The highest BCUT2D eigenvalue weighted by atomic mass is 16.4. The van der Waals surface area contributed by atoms with Gasteiger partial charge in [-0.3, -0.25) is 0 Å². The van der Waals surface area contributed by atoms with Gasteiger partial charge in [0.15, 0.2) is 11.6 Å². The zero-order chi connectivity index (χ0) is 18.8. The van der Waals surface area contributed by atoms with E-state index in [0.717, 1.165) is 16.9 Å². The minimum Gasteiger partial charge on any atom is -0.435 e. The summed E-state index contributed by atoms with van der Waals surface area (Å²) in [6.07, 6.45) is 3.40. The smallest absolute Gasteiger partial charge is 0.245 e. The normalized spacial score (nSPS) is 12.3. The number of hydrogen-bond acceptors (Lipinski definition) is 6. The van der Waals surface area contributed by atoms with Gasteiger partial charge in [0.05, 0.1) is 6.20 Å². The molecule has 27 heavy (non-hydrogen) atoms. The molecule has 0 spiro atoms. The molecular formula is C20H20N6O. The van der Waals surface area contributed by atoms with E-state index in [1.54, 1.807) is 12.5 Å². The number of aromatic nitrogens is 5. The third-order valence-corrected chi connectivity index (χ3v) is 4.50. The third kappa shape index (κ3) is 3.24. The predicted molar refractivity (Wildman–Crippen MR) is 103 cm³/mol. The topological polar surface area (TPSA) is 95.7 Å². The lowest BCUT2D eigenvalue weighted by Crippen LogP contribution is -2.16. The van der Waals surface area contributed by atoms with E-state index in [9.17, 15) is 0 Å². The summed E-state index contributed by atoms with van der Waals surface area (Å²) in [5.41, 5.74) is 9.26. The van der Waals surface area contributed by atoms with E-state index >= 15 is 0 Å². The quantitative estimate of drug-likeness (QED) is 0.585. The Morgan fingerprint density at radius 3 is 2.74 bits per heavy atom. The molecule has 0 aliphatic carbocycles. The summed E-state index contributed by atoms with van der Waals surface area (Å²) in [5.74, 6) is 1.85. The molecule has 0 amide bonds. The maximum absolute atomic E-state index is 5.97. The molecule has 0 fully saturated rings. The number of aryl methyl sites for hydroxylation is 1. The minimum absolute atomic E-state index is 0.0786. The molecule has 4 rings (SSSR count). The molecule has 0 aliphatic rings. The van der Waals surface area contributed by atoms with Crippen molar-refractivity contribution >= 4 is 0 Å². The number of pyridine rings is 1. The van der Waals surface area contributed by atoms with Crippen molar-refractivity contribution in [3.05, 3.63) is 60.6 Å². The van der Waals surface area contributed by atoms with Gasteiger partial charge in [-0.05, 0) is 31.5 Å². The molecule has 2 N–H and O–H groups in total. The lowest BCUT2D eigenvalue weighted by atomic mass is 10.1. The number of rotatable bonds is 5. The number of nitrogens with zero attached hydrogens (tertiary/aromatic N) is 5. The van der Waals surface area contributed by atoms with E-state index in [2.05, 4.69) is 20.2 Å². The van der Waals surface area contributed by atoms with Crippen molar-refractivity contribution in [3.8, 4) is 34.4 Å². The Hall–Kier alpha value is -3.32. The van der Waals surface area contributed by atoms with E-state index in [1.807, 2.05) is 60.9 Å². The first-order valence-corrected chi connectivity index (χ1v) is 8.76. The van der Waals surface area contributed by atoms with Crippen molar-refractivity contribution in [3.63, 3.8) is 0 Å². The molecule has 0 radical (unpaired) electrons. The number of nitrogens with two attached hydrogens (primary N) is 1. The molecule has 0 saturated carbocycles. The van der Waals surface area contributed by atoms with Crippen LogP contribution in [0.15, 0.2) is 59.4 Å². The van der Waals surface area contributed by atoms with E-state index < -0.39 is 0 Å². The van der Waals surface area contributed by atoms with Crippen molar-refractivity contribution in [1.82, 2.24) is 24.7 Å². The Bertz CT molecular complexity index is 1070. The summed E-state index contributed by atoms with van der Waals surface area (Å²) in [6.45, 7) is 4.55. The molecule has 0 unspecified atom stereocenters. The largest absolute Gasteiger partial charge is 0.435 e. The van der Waals surface area contributed by atoms with Crippen molar-refractivity contribution < 1.29 is 4.42 Å². The van der Waals surface area contributed by atoms with Gasteiger partial charge in [0.2, 0.25) is 5.89 Å². The first kappa shape index (κ1) is 17.1. The third-order valence-electron chi connectivity index (χ3n) is 4.50. The molecule has 0 aliphatic heterocycles. The summed E-state index contributed by atoms with van der Waals surface area (Å²) in [6, 6.07) is 13.8. The molecule has 7 nitrogen and oxygen atoms in total. The summed E-state index contributed by atoms with van der Waals surface area (Å²) in [4.78, 5) is 9.08. The SMILES string of the molecule is Cc1ccccc1-c1cnc(-c2cccc(-c3nncn3[C@H](C)CN)n2)o1. The van der Waals surface area contributed by atoms with Gasteiger partial charge in [-0.1, -0.05) is 30.3 Å². The van der Waals surface area contributed by atoms with Gasteiger partial charge in [0.1, 0.15) is 17.7 Å². The van der Waals surface area contributed by atoms with Crippen LogP contribution in [0.3, 0.4) is 0 Å². The van der Waals surface area contributed by atoms with Crippen LogP contribution in [0.25, 0.3) is 34.4 Å². The molecular weight excluding hydrogens is 340 g/mol. The maximum Gasteiger partial charge on any atom is 0.245 e. The molecule has 0 saturated heterocycles. The van der Waals surface area contributed by atoms with E-state index in [0.29, 0.717) is 29.6 Å². The molecule has 4 aromatic rings. The van der Waals surface area contributed by atoms with Crippen LogP contribution < -0.4 is 5.73 Å². The predicted octanol–water partition coefficient (Wildman–Crippen LogP) is 3.49. The molecule has 7 heteroatoms. The second-order valence-corrected chi connectivity index (χ2v) is 6.40. The van der Waals surface area contributed by atoms with E-state index in [-0.39, 0.29) is 6.04 Å². The van der Waals surface area contributed by atoms with Crippen LogP contribution in [-0.2, 0) is 0 Å². The lowest BCUT2D eigenvalue weighted by molar-refractivity contribution is 0.560. The van der Waals surface area contributed by atoms with Crippen LogP contribution in [0.5, 0.6) is 0 Å². The Morgan fingerprint density at radius 2 is 1.93 bits per heavy atom. The second kappa shape index (κ2) is 7.13. The minimum atomic E-state index is 0.0786. The standard InChI is InChI=1S/C20H20N6O/c1-13-6-3-4-7-15(13)18-11-22-20(27-18)17-9-5-8-16(24-17)19-25-23-12-26(19)14(2)10-21/h3-9,11-12,14H,10,21H2,1-2H3/t14-/m1/s1. The zero-order valence-corrected chi connectivity index (χ0v) is 15.2. The highest BCUT2D eigenvalue weighted by Gasteiger charge is 2.16. The summed E-state index contributed by atoms with van der Waals surface area (Å²) >= 11 is 0. The Labute approximate surface area is 156 Å². The Balaban J connectivity index is 1.70. The Morgan fingerprint density at radius 1 is 1.11 bits per heavy atom. The van der Waals surface area contributed by atoms with Crippen LogP contribution >= 0.6 is 0 Å². The highest BCUT2D eigenvalue weighted by Crippen LogP contribution is 2.28. The molecule has 3 heterocycles. The average molecular weight is 360 g/mol. The molecule has 136 valence electrons. The fourth-order valence-corrected chi connectivity index (χ4v) is 2.91. The molecule has 1 atom stereocenters. The Kier molecular flexibility index (Phi) is 4.52. The summed E-state index contributed by atoms with van der Waals surface area (Å²) in [5, 5.41) is 8.20. The van der Waals surface area contributed by atoms with Gasteiger partial charge in [-0.25, -0.2) is 9.97 Å². The maximum atomic E-state index is 5.97. The molecule has 0 bridgehead atoms. The van der Waals surface area contributed by atoms with Crippen molar-refractivity contribution in [1.29, 1.82) is 0 Å². The number of benzene rings is 1. The summed E-state index contributed by atoms with van der Waals surface area (Å²) < 4.78 is 7.89. The highest BCUT2D eigenvalue weighted by molar-refractivity contribution is 5.64. The second-order valence-electron chi connectivity index (χ2n) is 6.40. The van der Waals surface area contributed by atoms with Gasteiger partial charge in [-0.2, -0.15) is 0 Å². The van der Waals surface area contributed by atoms with E-state index in [4.69, 9.17) is 10.2 Å². The van der Waals surface area contributed by atoms with Crippen LogP contribution in [0.4, 0.5) is 0 Å². The van der Waals surface area contributed by atoms with Crippen LogP contribution in [0, 0.1) is 6.92 Å². The van der Waals surface area contributed by atoms with Gasteiger partial charge in [-0.15, -0.1) is 10.2 Å². The van der Waals surface area contributed by atoms with Gasteiger partial charge in [0.25, 0.3) is 0 Å². The van der Waals surface area contributed by atoms with Gasteiger partial charge < -0.3 is 14.7 Å². The fraction of sp³-hybridized carbons (Fsp3) is 0.200. The first-order chi connectivity index (χ1) is 13.2. The van der Waals surface area contributed by atoms with E-state index in [1.165, 1.54) is 0 Å². The lowest BCUT2D eigenvalue weighted by Gasteiger charge is -2.12. The van der Waals surface area contributed by atoms with Crippen molar-refractivity contribution in [2.45, 2.75) is 19.9 Å². The van der Waals surface area contributed by atoms with Crippen molar-refractivity contribution in [2.75, 3.05) is 6.54 Å².